The first-order valence-corrected chi connectivity index (χ1v) is 9.21. The van der Waals surface area contributed by atoms with Crippen LogP contribution in [0, 0.1) is 11.3 Å². The molecule has 126 valence electrons. The fourth-order valence-corrected chi connectivity index (χ4v) is 6.08. The summed E-state index contributed by atoms with van der Waals surface area (Å²) >= 11 is 0. The van der Waals surface area contributed by atoms with Crippen LogP contribution in [0.5, 0.6) is 5.75 Å². The van der Waals surface area contributed by atoms with Crippen LogP contribution in [0.2, 0.25) is 0 Å². The minimum Gasteiger partial charge on any atom is -0.508 e. The Bertz CT molecular complexity index is 868. The molecule has 0 amide bonds. The van der Waals surface area contributed by atoms with Crippen LogP contribution in [-0.2, 0) is 6.42 Å². The van der Waals surface area contributed by atoms with Gasteiger partial charge in [-0.15, -0.1) is 0 Å². The highest BCUT2D eigenvalue weighted by molar-refractivity contribution is 5.98. The van der Waals surface area contributed by atoms with E-state index in [2.05, 4.69) is 6.92 Å². The van der Waals surface area contributed by atoms with E-state index in [9.17, 15) is 9.90 Å². The number of hydrogen-bond acceptors (Lipinski definition) is 3. The third-order valence-electron chi connectivity index (χ3n) is 7.14. The molecular formula is C20H24N2O2. The van der Waals surface area contributed by atoms with Crippen LogP contribution in [0.3, 0.4) is 0 Å². The summed E-state index contributed by atoms with van der Waals surface area (Å²) in [6.07, 6.45) is 5.99. The number of benzene rings is 1. The molecule has 1 aromatic heterocycles. The Morgan fingerprint density at radius 2 is 2.25 bits per heavy atom. The Labute approximate surface area is 141 Å². The van der Waals surface area contributed by atoms with Crippen LogP contribution >= 0.6 is 0 Å². The molecule has 2 heterocycles. The smallest absolute Gasteiger partial charge is 0.231 e. The molecule has 4 nitrogen and oxygen atoms in total. The van der Waals surface area contributed by atoms with Crippen molar-refractivity contribution in [3.8, 4) is 5.75 Å². The average molecular weight is 324 g/mol. The topological polar surface area (TPSA) is 68.2 Å². The quantitative estimate of drug-likeness (QED) is 0.843. The van der Waals surface area contributed by atoms with E-state index in [1.54, 1.807) is 6.07 Å². The molecule has 4 heteroatoms. The molecule has 1 aromatic carbocycles. The second kappa shape index (κ2) is 4.63. The lowest BCUT2D eigenvalue weighted by Gasteiger charge is -2.54. The first kappa shape index (κ1) is 14.5. The van der Waals surface area contributed by atoms with Gasteiger partial charge in [-0.05, 0) is 60.8 Å². The van der Waals surface area contributed by atoms with Gasteiger partial charge in [-0.25, -0.2) is 0 Å². The zero-order valence-corrected chi connectivity index (χ0v) is 14.1. The summed E-state index contributed by atoms with van der Waals surface area (Å²) in [5, 5.41) is 11.0. The van der Waals surface area contributed by atoms with Crippen molar-refractivity contribution >= 4 is 16.8 Å². The largest absolute Gasteiger partial charge is 0.508 e. The number of hydrogen-bond donors (Lipinski definition) is 2. The summed E-state index contributed by atoms with van der Waals surface area (Å²) in [4.78, 5) is 13.1. The molecule has 4 atom stereocenters. The van der Waals surface area contributed by atoms with E-state index in [1.807, 2.05) is 16.7 Å². The van der Waals surface area contributed by atoms with Crippen molar-refractivity contribution in [2.24, 2.45) is 17.1 Å². The van der Waals surface area contributed by atoms with Gasteiger partial charge in [-0.2, -0.15) is 0 Å². The van der Waals surface area contributed by atoms with Gasteiger partial charge in [0, 0.05) is 29.5 Å². The number of phenols is 1. The predicted molar refractivity (Wildman–Crippen MR) is 93.3 cm³/mol. The zero-order valence-electron chi connectivity index (χ0n) is 14.1. The minimum atomic E-state index is 0.0826. The van der Waals surface area contributed by atoms with E-state index in [0.29, 0.717) is 18.3 Å². The van der Waals surface area contributed by atoms with Gasteiger partial charge in [0.2, 0.25) is 5.91 Å². The lowest BCUT2D eigenvalue weighted by molar-refractivity contribution is 0.0328. The standard InChI is InChI=1S/C20H24N2O2/c1-2-20-7-3-4-12-15(21)9-14-13-8-11(23)5-6-16(13)22(17(24)10-20)19(14)18(12)20/h5-6,8,12,15,18,23H,2-4,7,9-10,21H2,1H3/t12-,15+,18-,20+/m0/s1. The monoisotopic (exact) mass is 324 g/mol. The molecule has 5 rings (SSSR count). The summed E-state index contributed by atoms with van der Waals surface area (Å²) in [6, 6.07) is 5.55. The number of carbonyl (C=O) groups excluding carboxylic acids is 1. The number of nitrogens with zero attached hydrogens (tertiary/aromatic N) is 1. The maximum atomic E-state index is 13.1. The van der Waals surface area contributed by atoms with Crippen molar-refractivity contribution in [1.29, 1.82) is 0 Å². The fraction of sp³-hybridized carbons (Fsp3) is 0.550. The van der Waals surface area contributed by atoms with Crippen molar-refractivity contribution in [2.75, 3.05) is 0 Å². The lowest BCUT2D eigenvalue weighted by atomic mass is 9.52. The maximum Gasteiger partial charge on any atom is 0.231 e. The zero-order chi connectivity index (χ0) is 16.6. The van der Waals surface area contributed by atoms with Gasteiger partial charge in [-0.1, -0.05) is 13.3 Å². The van der Waals surface area contributed by atoms with Crippen LogP contribution in [0.25, 0.3) is 10.9 Å². The van der Waals surface area contributed by atoms with Crippen LogP contribution in [0.4, 0.5) is 0 Å². The number of fused-ring (bicyclic) bond motifs is 3. The highest BCUT2D eigenvalue weighted by Crippen LogP contribution is 2.61. The van der Waals surface area contributed by atoms with Crippen LogP contribution in [-0.4, -0.2) is 21.6 Å². The van der Waals surface area contributed by atoms with E-state index in [-0.39, 0.29) is 23.1 Å². The Kier molecular flexibility index (Phi) is 2.80. The van der Waals surface area contributed by atoms with E-state index < -0.39 is 0 Å². The molecule has 0 saturated heterocycles. The number of phenolic OH excluding ortho intramolecular Hbond substituents is 1. The molecule has 24 heavy (non-hydrogen) atoms. The summed E-state index contributed by atoms with van der Waals surface area (Å²) in [5.41, 5.74) is 10.1. The molecular weight excluding hydrogens is 300 g/mol. The van der Waals surface area contributed by atoms with Crippen LogP contribution in [0.1, 0.15) is 61.0 Å². The lowest BCUT2D eigenvalue weighted by Crippen LogP contribution is -2.52. The number of nitrogens with two attached hydrogens (primary N) is 1. The molecule has 0 unspecified atom stereocenters. The molecule has 0 spiro atoms. The predicted octanol–water partition coefficient (Wildman–Crippen LogP) is 3.55. The molecule has 3 aliphatic rings. The van der Waals surface area contributed by atoms with E-state index in [1.165, 1.54) is 24.1 Å². The Balaban J connectivity index is 1.88. The minimum absolute atomic E-state index is 0.0826. The van der Waals surface area contributed by atoms with Gasteiger partial charge in [0.1, 0.15) is 5.75 Å². The van der Waals surface area contributed by atoms with E-state index in [0.717, 1.165) is 30.2 Å². The fourth-order valence-electron chi connectivity index (χ4n) is 6.08. The van der Waals surface area contributed by atoms with Crippen molar-refractivity contribution in [1.82, 2.24) is 4.57 Å². The molecule has 2 aliphatic carbocycles. The molecule has 1 fully saturated rings. The third kappa shape index (κ3) is 1.60. The van der Waals surface area contributed by atoms with Crippen LogP contribution in [0.15, 0.2) is 18.2 Å². The summed E-state index contributed by atoms with van der Waals surface area (Å²) in [7, 11) is 0. The molecule has 1 saturated carbocycles. The summed E-state index contributed by atoms with van der Waals surface area (Å²) in [6.45, 7) is 2.24. The van der Waals surface area contributed by atoms with Gasteiger partial charge < -0.3 is 10.8 Å². The summed E-state index contributed by atoms with van der Waals surface area (Å²) in [5.74, 6) is 1.36. The van der Waals surface area contributed by atoms with Crippen molar-refractivity contribution in [3.63, 3.8) is 0 Å². The summed E-state index contributed by atoms with van der Waals surface area (Å²) < 4.78 is 1.97. The van der Waals surface area contributed by atoms with Crippen molar-refractivity contribution in [3.05, 3.63) is 29.5 Å². The Hall–Kier alpha value is -1.81. The van der Waals surface area contributed by atoms with Gasteiger partial charge >= 0.3 is 0 Å². The van der Waals surface area contributed by atoms with Gasteiger partial charge in [0.15, 0.2) is 0 Å². The number of aromatic nitrogens is 1. The van der Waals surface area contributed by atoms with Crippen molar-refractivity contribution < 1.29 is 9.90 Å². The van der Waals surface area contributed by atoms with Gasteiger partial charge in [0.25, 0.3) is 0 Å². The average Bonchev–Trinajstić information content (AvgIpc) is 2.89. The highest BCUT2D eigenvalue weighted by atomic mass is 16.3. The highest BCUT2D eigenvalue weighted by Gasteiger charge is 2.55. The van der Waals surface area contributed by atoms with E-state index in [4.69, 9.17) is 5.73 Å². The van der Waals surface area contributed by atoms with Gasteiger partial charge in [0.05, 0.1) is 5.52 Å². The Morgan fingerprint density at radius 3 is 3.04 bits per heavy atom. The third-order valence-corrected chi connectivity index (χ3v) is 7.14. The first-order chi connectivity index (χ1) is 11.6. The second-order valence-corrected chi connectivity index (χ2v) is 8.09. The molecule has 0 radical (unpaired) electrons. The van der Waals surface area contributed by atoms with Crippen molar-refractivity contribution in [2.45, 2.75) is 57.4 Å². The van der Waals surface area contributed by atoms with Gasteiger partial charge in [-0.3, -0.25) is 9.36 Å². The molecule has 1 aliphatic heterocycles. The molecule has 3 N–H and O–H groups in total. The Morgan fingerprint density at radius 1 is 1.42 bits per heavy atom. The van der Waals surface area contributed by atoms with Crippen LogP contribution < -0.4 is 5.73 Å². The number of carbonyl (C=O) groups is 1. The van der Waals surface area contributed by atoms with E-state index >= 15 is 0 Å². The second-order valence-electron chi connectivity index (χ2n) is 8.09. The molecule has 2 aromatic rings. The molecule has 0 bridgehead atoms. The first-order valence-electron chi connectivity index (χ1n) is 9.21. The SMILES string of the molecule is CC[C@@]12CCC[C@H]3[C@H](N)Cc4c(n(c5ccc(O)cc45)C(=O)C1)[C@H]32. The normalized spacial score (nSPS) is 34.4. The number of rotatable bonds is 1. The number of aromatic hydroxyl groups is 1. The maximum absolute atomic E-state index is 13.1.